The van der Waals surface area contributed by atoms with Crippen molar-refractivity contribution < 1.29 is 9.13 Å². The number of para-hydroxylation sites is 1. The Labute approximate surface area is 124 Å². The number of benzene rings is 1. The topological polar surface area (TPSA) is 37.4 Å². The smallest absolute Gasteiger partial charge is 0.170 e. The summed E-state index contributed by atoms with van der Waals surface area (Å²) in [7, 11) is 5.24. The fourth-order valence-corrected chi connectivity index (χ4v) is 2.23. The number of aromatic nitrogens is 1. The van der Waals surface area contributed by atoms with Crippen molar-refractivity contribution in [1.29, 1.82) is 0 Å². The molecule has 0 unspecified atom stereocenters. The number of pyridine rings is 1. The van der Waals surface area contributed by atoms with E-state index in [4.69, 9.17) is 4.74 Å². The fraction of sp³-hybridized carbons (Fsp3) is 0.312. The highest BCUT2D eigenvalue weighted by Gasteiger charge is 2.14. The SMILES string of the molecule is CNCc1ccnc(N(C)Cc2ccccc2OC)c1F. The molecule has 4 nitrogen and oxygen atoms in total. The van der Waals surface area contributed by atoms with Gasteiger partial charge in [-0.25, -0.2) is 9.37 Å². The van der Waals surface area contributed by atoms with Crippen molar-refractivity contribution in [2.24, 2.45) is 0 Å². The normalized spacial score (nSPS) is 10.5. The summed E-state index contributed by atoms with van der Waals surface area (Å²) in [5.41, 5.74) is 1.59. The third-order valence-corrected chi connectivity index (χ3v) is 3.28. The Balaban J connectivity index is 2.24. The van der Waals surface area contributed by atoms with Crippen LogP contribution in [0.1, 0.15) is 11.1 Å². The first-order valence-electron chi connectivity index (χ1n) is 6.78. The lowest BCUT2D eigenvalue weighted by atomic mass is 10.2. The Hall–Kier alpha value is -2.14. The maximum Gasteiger partial charge on any atom is 0.170 e. The van der Waals surface area contributed by atoms with Crippen LogP contribution >= 0.6 is 0 Å². The van der Waals surface area contributed by atoms with E-state index in [9.17, 15) is 4.39 Å². The lowest BCUT2D eigenvalue weighted by Crippen LogP contribution is -2.21. The molecule has 2 aromatic rings. The van der Waals surface area contributed by atoms with Crippen LogP contribution in [-0.4, -0.2) is 26.2 Å². The second-order valence-electron chi connectivity index (χ2n) is 4.81. The molecule has 0 saturated carbocycles. The van der Waals surface area contributed by atoms with Gasteiger partial charge in [-0.15, -0.1) is 0 Å². The first-order chi connectivity index (χ1) is 10.2. The van der Waals surface area contributed by atoms with Crippen molar-refractivity contribution in [1.82, 2.24) is 10.3 Å². The fourth-order valence-electron chi connectivity index (χ4n) is 2.23. The molecule has 0 spiro atoms. The minimum atomic E-state index is -0.288. The lowest BCUT2D eigenvalue weighted by molar-refractivity contribution is 0.409. The molecule has 0 atom stereocenters. The highest BCUT2D eigenvalue weighted by Crippen LogP contribution is 2.23. The van der Waals surface area contributed by atoms with Crippen LogP contribution in [0.15, 0.2) is 36.5 Å². The molecular formula is C16H20FN3O. The van der Waals surface area contributed by atoms with E-state index in [0.717, 1.165) is 11.3 Å². The Kier molecular flexibility index (Phi) is 5.11. The predicted molar refractivity (Wildman–Crippen MR) is 82.1 cm³/mol. The molecule has 0 aliphatic heterocycles. The van der Waals surface area contributed by atoms with Crippen LogP contribution in [0.25, 0.3) is 0 Å². The van der Waals surface area contributed by atoms with Crippen LogP contribution in [0.4, 0.5) is 10.2 Å². The van der Waals surface area contributed by atoms with E-state index < -0.39 is 0 Å². The molecule has 112 valence electrons. The minimum absolute atomic E-state index is 0.288. The van der Waals surface area contributed by atoms with Crippen molar-refractivity contribution in [2.45, 2.75) is 13.1 Å². The molecule has 0 saturated heterocycles. The second kappa shape index (κ2) is 7.04. The molecule has 1 aromatic carbocycles. The summed E-state index contributed by atoms with van der Waals surface area (Å²) in [5.74, 6) is 0.842. The Morgan fingerprint density at radius 3 is 2.71 bits per heavy atom. The zero-order valence-corrected chi connectivity index (χ0v) is 12.6. The van der Waals surface area contributed by atoms with E-state index in [-0.39, 0.29) is 5.82 Å². The first kappa shape index (κ1) is 15.3. The Morgan fingerprint density at radius 1 is 1.24 bits per heavy atom. The monoisotopic (exact) mass is 289 g/mol. The molecule has 1 heterocycles. The van der Waals surface area contributed by atoms with E-state index in [2.05, 4.69) is 10.3 Å². The van der Waals surface area contributed by atoms with Gasteiger partial charge in [0.05, 0.1) is 7.11 Å². The van der Waals surface area contributed by atoms with Crippen LogP contribution in [0, 0.1) is 5.82 Å². The Morgan fingerprint density at radius 2 is 2.00 bits per heavy atom. The largest absolute Gasteiger partial charge is 0.496 e. The zero-order valence-electron chi connectivity index (χ0n) is 12.6. The maximum absolute atomic E-state index is 14.4. The molecule has 2 rings (SSSR count). The van der Waals surface area contributed by atoms with Gasteiger partial charge in [0.25, 0.3) is 0 Å². The molecule has 0 fully saturated rings. The molecule has 21 heavy (non-hydrogen) atoms. The number of methoxy groups -OCH3 is 1. The number of nitrogens with zero attached hydrogens (tertiary/aromatic N) is 2. The maximum atomic E-state index is 14.4. The van der Waals surface area contributed by atoms with Crippen molar-refractivity contribution in [2.75, 3.05) is 26.1 Å². The quantitative estimate of drug-likeness (QED) is 0.887. The number of nitrogens with one attached hydrogen (secondary N) is 1. The molecule has 5 heteroatoms. The van der Waals surface area contributed by atoms with Crippen LogP contribution in [0.2, 0.25) is 0 Å². The van der Waals surface area contributed by atoms with Gasteiger partial charge in [0.15, 0.2) is 11.6 Å². The van der Waals surface area contributed by atoms with E-state index in [1.807, 2.05) is 31.3 Å². The number of ether oxygens (including phenoxy) is 1. The van der Waals surface area contributed by atoms with Gasteiger partial charge in [-0.05, 0) is 19.2 Å². The van der Waals surface area contributed by atoms with Gasteiger partial charge in [0.1, 0.15) is 5.75 Å². The van der Waals surface area contributed by atoms with Gasteiger partial charge in [0.2, 0.25) is 0 Å². The molecule has 0 amide bonds. The summed E-state index contributed by atoms with van der Waals surface area (Å²) in [6, 6.07) is 9.39. The predicted octanol–water partition coefficient (Wildman–Crippen LogP) is 2.59. The summed E-state index contributed by atoms with van der Waals surface area (Å²) in [6.45, 7) is 1.00. The molecule has 0 aliphatic rings. The van der Waals surface area contributed by atoms with E-state index in [1.54, 1.807) is 31.3 Å². The molecule has 1 N–H and O–H groups in total. The standard InChI is InChI=1S/C16H20FN3O/c1-18-10-12-8-9-19-16(15(12)17)20(2)11-13-6-4-5-7-14(13)21-3/h4-9,18H,10-11H2,1-3H3. The van der Waals surface area contributed by atoms with Crippen LogP contribution in [0.5, 0.6) is 5.75 Å². The van der Waals surface area contributed by atoms with Crippen LogP contribution in [0.3, 0.4) is 0 Å². The molecule has 0 radical (unpaired) electrons. The van der Waals surface area contributed by atoms with Crippen molar-refractivity contribution in [3.8, 4) is 5.75 Å². The van der Waals surface area contributed by atoms with Gasteiger partial charge in [-0.1, -0.05) is 18.2 Å². The first-order valence-corrected chi connectivity index (χ1v) is 6.78. The van der Waals surface area contributed by atoms with E-state index in [0.29, 0.717) is 24.5 Å². The summed E-state index contributed by atoms with van der Waals surface area (Å²) >= 11 is 0. The van der Waals surface area contributed by atoms with Gasteiger partial charge >= 0.3 is 0 Å². The average Bonchev–Trinajstić information content (AvgIpc) is 2.50. The third kappa shape index (κ3) is 3.49. The van der Waals surface area contributed by atoms with E-state index in [1.165, 1.54) is 0 Å². The third-order valence-electron chi connectivity index (χ3n) is 3.28. The molecule has 1 aromatic heterocycles. The van der Waals surface area contributed by atoms with Gasteiger partial charge in [-0.3, -0.25) is 0 Å². The van der Waals surface area contributed by atoms with Gasteiger partial charge in [-0.2, -0.15) is 0 Å². The van der Waals surface area contributed by atoms with Gasteiger partial charge < -0.3 is 15.0 Å². The van der Waals surface area contributed by atoms with Crippen LogP contribution in [-0.2, 0) is 13.1 Å². The van der Waals surface area contributed by atoms with Crippen molar-refractivity contribution in [3.05, 3.63) is 53.5 Å². The van der Waals surface area contributed by atoms with E-state index >= 15 is 0 Å². The van der Waals surface area contributed by atoms with Crippen molar-refractivity contribution >= 4 is 5.82 Å². The highest BCUT2D eigenvalue weighted by molar-refractivity contribution is 5.45. The minimum Gasteiger partial charge on any atom is -0.496 e. The van der Waals surface area contributed by atoms with Crippen LogP contribution < -0.4 is 15.0 Å². The summed E-state index contributed by atoms with van der Waals surface area (Å²) in [6.07, 6.45) is 1.63. The molecule has 0 aliphatic carbocycles. The van der Waals surface area contributed by atoms with Crippen molar-refractivity contribution in [3.63, 3.8) is 0 Å². The number of rotatable bonds is 6. The Bertz CT molecular complexity index is 604. The molecule has 0 bridgehead atoms. The second-order valence-corrected chi connectivity index (χ2v) is 4.81. The number of hydrogen-bond donors (Lipinski definition) is 1. The highest BCUT2D eigenvalue weighted by atomic mass is 19.1. The zero-order chi connectivity index (χ0) is 15.2. The number of halogens is 1. The number of anilines is 1. The lowest BCUT2D eigenvalue weighted by Gasteiger charge is -2.21. The molecular weight excluding hydrogens is 269 g/mol. The average molecular weight is 289 g/mol. The summed E-state index contributed by atoms with van der Waals surface area (Å²) in [5, 5.41) is 2.95. The number of hydrogen-bond acceptors (Lipinski definition) is 4. The summed E-state index contributed by atoms with van der Waals surface area (Å²) < 4.78 is 19.7. The van der Waals surface area contributed by atoms with Gasteiger partial charge in [0, 0.05) is 37.5 Å². The summed E-state index contributed by atoms with van der Waals surface area (Å²) in [4.78, 5) is 5.94.